The average Bonchev–Trinajstić information content (AvgIpc) is 3.46. The first-order chi connectivity index (χ1) is 24.2. The molecule has 5 N–H and O–H groups in total. The molecule has 266 valence electrons. The Kier molecular flexibility index (Phi) is 10.8. The van der Waals surface area contributed by atoms with Crippen LogP contribution in [0.25, 0.3) is 0 Å². The maximum atomic E-state index is 13.6. The Morgan fingerprint density at radius 3 is 1.92 bits per heavy atom. The van der Waals surface area contributed by atoms with Crippen molar-refractivity contribution in [1.82, 2.24) is 19.9 Å². The zero-order valence-electron chi connectivity index (χ0n) is 27.8. The fourth-order valence-corrected chi connectivity index (χ4v) is 6.10. The number of halogens is 6. The van der Waals surface area contributed by atoms with Crippen molar-refractivity contribution in [2.24, 2.45) is 16.5 Å². The van der Waals surface area contributed by atoms with E-state index in [9.17, 15) is 31.1 Å². The number of pyridine rings is 3. The molecule has 1 aliphatic heterocycles. The highest BCUT2D eigenvalue weighted by molar-refractivity contribution is 6.01. The Hall–Kier alpha value is -5.34. The van der Waals surface area contributed by atoms with E-state index in [4.69, 9.17) is 11.5 Å². The monoisotopic (exact) mass is 707 g/mol. The molecule has 14 heteroatoms. The first-order valence-corrected chi connectivity index (χ1v) is 15.9. The van der Waals surface area contributed by atoms with Crippen molar-refractivity contribution in [2.45, 2.75) is 56.9 Å². The highest BCUT2D eigenvalue weighted by Crippen LogP contribution is 2.39. The Labute approximate surface area is 289 Å². The molecule has 0 radical (unpaired) electrons. The number of aliphatic imine (C=N–C) groups is 1. The second-order valence-corrected chi connectivity index (χ2v) is 12.1. The number of nitrogens with one attached hydrogen (secondary N) is 1. The Bertz CT molecular complexity index is 1960. The van der Waals surface area contributed by atoms with Crippen molar-refractivity contribution in [3.05, 3.63) is 165 Å². The molecule has 0 spiro atoms. The zero-order chi connectivity index (χ0) is 37.1. The summed E-state index contributed by atoms with van der Waals surface area (Å²) in [6, 6.07) is 17.6. The summed E-state index contributed by atoms with van der Waals surface area (Å²) in [7, 11) is 0. The number of aryl methyl sites for hydroxylation is 1. The lowest BCUT2D eigenvalue weighted by Crippen LogP contribution is -2.51. The Balaban J connectivity index is 0.000000226. The minimum absolute atomic E-state index is 0.225. The van der Waals surface area contributed by atoms with E-state index in [1.807, 2.05) is 0 Å². The summed E-state index contributed by atoms with van der Waals surface area (Å²) < 4.78 is 80.3. The number of rotatable bonds is 8. The molecular weight excluding hydrogens is 672 g/mol. The summed E-state index contributed by atoms with van der Waals surface area (Å²) in [5.41, 5.74) is 12.5. The van der Waals surface area contributed by atoms with Gasteiger partial charge in [0.25, 0.3) is 5.56 Å². The predicted octanol–water partition coefficient (Wildman–Crippen LogP) is 6.07. The minimum atomic E-state index is -3.00. The van der Waals surface area contributed by atoms with Crippen molar-refractivity contribution >= 4 is 5.84 Å². The fourth-order valence-electron chi connectivity index (χ4n) is 6.10. The second kappa shape index (κ2) is 14.9. The first kappa shape index (κ1) is 36.9. The van der Waals surface area contributed by atoms with Gasteiger partial charge < -0.3 is 16.8 Å². The molecule has 0 saturated carbocycles. The van der Waals surface area contributed by atoms with Gasteiger partial charge in [0.15, 0.2) is 0 Å². The van der Waals surface area contributed by atoms with Crippen LogP contribution in [0.5, 0.6) is 0 Å². The van der Waals surface area contributed by atoms with Crippen LogP contribution in [0.4, 0.5) is 26.3 Å². The smallest absolute Gasteiger partial charge is 0.321 e. The van der Waals surface area contributed by atoms with Gasteiger partial charge in [-0.1, -0.05) is 43.3 Å². The number of hydrogen-bond donors (Lipinski definition) is 3. The molecule has 4 atom stereocenters. The lowest BCUT2D eigenvalue weighted by Gasteiger charge is -2.34. The molecule has 0 aliphatic carbocycles. The van der Waals surface area contributed by atoms with Gasteiger partial charge in [0.05, 0.1) is 11.6 Å². The molecule has 5 aromatic rings. The number of benzene rings is 2. The molecule has 51 heavy (non-hydrogen) atoms. The largest absolute Gasteiger partial charge is 0.354 e. The number of alkyl halides is 2. The van der Waals surface area contributed by atoms with E-state index in [0.717, 1.165) is 6.20 Å². The second-order valence-electron chi connectivity index (χ2n) is 12.1. The Morgan fingerprint density at radius 1 is 0.863 bits per heavy atom. The average molecular weight is 708 g/mol. The molecule has 0 bridgehead atoms. The van der Waals surface area contributed by atoms with Gasteiger partial charge in [-0.2, -0.15) is 17.6 Å². The summed E-state index contributed by atoms with van der Waals surface area (Å²) in [4.78, 5) is 24.2. The molecule has 0 saturated heterocycles. The van der Waals surface area contributed by atoms with Crippen molar-refractivity contribution in [3.8, 4) is 0 Å². The summed E-state index contributed by atoms with van der Waals surface area (Å²) in [5.74, 6) is -1.74. The first-order valence-electron chi connectivity index (χ1n) is 15.9. The van der Waals surface area contributed by atoms with Crippen LogP contribution in [0.2, 0.25) is 0 Å². The molecule has 0 fully saturated rings. The van der Waals surface area contributed by atoms with E-state index in [2.05, 4.69) is 20.3 Å². The van der Waals surface area contributed by atoms with Gasteiger partial charge in [0, 0.05) is 41.3 Å². The van der Waals surface area contributed by atoms with E-state index in [-0.39, 0.29) is 23.6 Å². The normalized spacial score (nSPS) is 18.7. The number of amidine groups is 1. The zero-order valence-corrected chi connectivity index (χ0v) is 27.8. The lowest BCUT2D eigenvalue weighted by molar-refractivity contribution is 0.0660. The number of hydrogen-bond acceptors (Lipinski definition) is 7. The highest BCUT2D eigenvalue weighted by Gasteiger charge is 2.45. The van der Waals surface area contributed by atoms with Gasteiger partial charge in [-0.05, 0) is 79.4 Å². The Morgan fingerprint density at radius 2 is 1.41 bits per heavy atom. The molecule has 0 amide bonds. The quantitative estimate of drug-likeness (QED) is 0.133. The molecule has 1 aliphatic rings. The third-order valence-electron chi connectivity index (χ3n) is 8.97. The molecule has 4 heterocycles. The molecule has 8 nitrogen and oxygen atoms in total. The van der Waals surface area contributed by atoms with E-state index in [0.29, 0.717) is 32.4 Å². The van der Waals surface area contributed by atoms with Crippen LogP contribution in [-0.2, 0) is 17.5 Å². The van der Waals surface area contributed by atoms with Gasteiger partial charge in [-0.15, -0.1) is 0 Å². The van der Waals surface area contributed by atoms with E-state index >= 15 is 0 Å². The molecule has 3 aromatic heterocycles. The van der Waals surface area contributed by atoms with Crippen molar-refractivity contribution in [1.29, 1.82) is 0 Å². The van der Waals surface area contributed by atoms with Gasteiger partial charge in [-0.3, -0.25) is 14.4 Å². The topological polar surface area (TPSA) is 124 Å². The molecule has 2 aromatic carbocycles. The molecular formula is C37H35F6N7O. The summed E-state index contributed by atoms with van der Waals surface area (Å²) in [6.07, 6.45) is 4.04. The summed E-state index contributed by atoms with van der Waals surface area (Å²) >= 11 is 0. The van der Waals surface area contributed by atoms with Crippen LogP contribution in [0.3, 0.4) is 0 Å². The van der Waals surface area contributed by atoms with Crippen molar-refractivity contribution in [2.75, 3.05) is 0 Å². The predicted molar refractivity (Wildman–Crippen MR) is 181 cm³/mol. The van der Waals surface area contributed by atoms with Gasteiger partial charge in [0.2, 0.25) is 11.9 Å². The van der Waals surface area contributed by atoms with Crippen LogP contribution in [-0.4, -0.2) is 32.5 Å². The third kappa shape index (κ3) is 7.28. The van der Waals surface area contributed by atoms with Crippen LogP contribution in [0.1, 0.15) is 60.7 Å². The SMILES string of the molecule is CCc1cc(C2=N[C@@H](C)[C@@](c3ccc(F)cc3)(c3ccc(F)nc3)N2)cn(C(F)F)c1=O.C[C@H](N)[C@@](N)(c1ccc(F)cc1)c1ccc(F)nc1. The summed E-state index contributed by atoms with van der Waals surface area (Å²) in [5, 5.41) is 3.28. The minimum Gasteiger partial charge on any atom is -0.354 e. The fraction of sp³-hybridized carbons (Fsp3) is 0.243. The lowest BCUT2D eigenvalue weighted by atomic mass is 9.79. The molecule has 6 rings (SSSR count). The number of nitrogens with two attached hydrogens (primary N) is 2. The van der Waals surface area contributed by atoms with Crippen LogP contribution in [0, 0.1) is 23.5 Å². The van der Waals surface area contributed by atoms with Crippen molar-refractivity contribution in [3.63, 3.8) is 0 Å². The third-order valence-corrected chi connectivity index (χ3v) is 8.97. The molecule has 0 unspecified atom stereocenters. The maximum Gasteiger partial charge on any atom is 0.321 e. The van der Waals surface area contributed by atoms with Crippen molar-refractivity contribution < 1.29 is 26.3 Å². The van der Waals surface area contributed by atoms with Crippen LogP contribution >= 0.6 is 0 Å². The van der Waals surface area contributed by atoms with Gasteiger partial charge in [0.1, 0.15) is 23.0 Å². The standard InChI is InChI=1S/C23H20F4N4O.C14H15F2N3/c1-3-14-10-15(12-31(21(14)32)22(26)27)20-29-13(2)23(30-20,16-4-7-18(24)8-5-16)17-6-9-19(25)28-11-17;1-9(17)14(18,10-2-5-12(15)6-3-10)11-4-7-13(16)19-8-11/h4-13,22H,3H2,1-2H3,(H,29,30);2-9H,17-18H2,1H3/t13-,23+;9-,14+/m00/s1. The van der Waals surface area contributed by atoms with Crippen LogP contribution < -0.4 is 22.3 Å². The maximum absolute atomic E-state index is 13.6. The van der Waals surface area contributed by atoms with E-state index in [1.165, 1.54) is 60.9 Å². The van der Waals surface area contributed by atoms with Gasteiger partial charge in [-0.25, -0.2) is 18.7 Å². The van der Waals surface area contributed by atoms with E-state index in [1.54, 1.807) is 51.1 Å². The number of aromatic nitrogens is 3. The highest BCUT2D eigenvalue weighted by atomic mass is 19.3. The van der Waals surface area contributed by atoms with Crippen LogP contribution in [0.15, 0.2) is 107 Å². The van der Waals surface area contributed by atoms with Gasteiger partial charge >= 0.3 is 6.55 Å². The number of nitrogens with zero attached hydrogens (tertiary/aromatic N) is 4. The summed E-state index contributed by atoms with van der Waals surface area (Å²) in [6.45, 7) is 2.24. The van der Waals surface area contributed by atoms with E-state index < -0.39 is 53.0 Å².